The quantitative estimate of drug-likeness (QED) is 0.594. The lowest BCUT2D eigenvalue weighted by atomic mass is 10.0. The Morgan fingerprint density at radius 3 is 2.70 bits per heavy atom. The van der Waals surface area contributed by atoms with Crippen LogP contribution in [-0.4, -0.2) is 16.2 Å². The van der Waals surface area contributed by atoms with Gasteiger partial charge in [0, 0.05) is 5.02 Å². The van der Waals surface area contributed by atoms with E-state index < -0.39 is 11.6 Å². The highest BCUT2D eigenvalue weighted by Crippen LogP contribution is 2.33. The molecule has 1 heterocycles. The predicted molar refractivity (Wildman–Crippen MR) is 74.3 cm³/mol. The summed E-state index contributed by atoms with van der Waals surface area (Å²) in [7, 11) is 0. The van der Waals surface area contributed by atoms with Gasteiger partial charge in [-0.3, -0.25) is 4.79 Å². The van der Waals surface area contributed by atoms with Crippen LogP contribution in [0.15, 0.2) is 36.4 Å². The predicted octanol–water partition coefficient (Wildman–Crippen LogP) is 3.61. The van der Waals surface area contributed by atoms with E-state index in [2.05, 4.69) is 0 Å². The topological polar surface area (TPSA) is 43.1 Å². The van der Waals surface area contributed by atoms with Crippen molar-refractivity contribution in [2.45, 2.75) is 6.92 Å². The average molecular weight is 290 g/mol. The zero-order chi connectivity index (χ0) is 14.4. The van der Waals surface area contributed by atoms with Gasteiger partial charge in [0.2, 0.25) is 0 Å². The summed E-state index contributed by atoms with van der Waals surface area (Å²) in [6.07, 6.45) is 0. The lowest BCUT2D eigenvalue weighted by Crippen LogP contribution is -2.16. The molecule has 0 radical (unpaired) electrons. The molecule has 0 aromatic heterocycles. The second kappa shape index (κ2) is 4.42. The van der Waals surface area contributed by atoms with Crippen molar-refractivity contribution in [1.82, 2.24) is 0 Å². The van der Waals surface area contributed by atoms with E-state index in [4.69, 9.17) is 11.6 Å². The largest absolute Gasteiger partial charge is 0.618 e. The average Bonchev–Trinajstić information content (AvgIpc) is 2.61. The van der Waals surface area contributed by atoms with E-state index in [1.54, 1.807) is 18.2 Å². The summed E-state index contributed by atoms with van der Waals surface area (Å²) in [5.41, 5.74) is 1.03. The molecular weight excluding hydrogens is 281 g/mol. The van der Waals surface area contributed by atoms with Crippen LogP contribution in [0.25, 0.3) is 0 Å². The minimum absolute atomic E-state index is 0.00139. The number of carbonyl (C=O) groups is 1. The van der Waals surface area contributed by atoms with E-state index in [0.717, 1.165) is 11.6 Å². The summed E-state index contributed by atoms with van der Waals surface area (Å²) in [4.78, 5) is 12.3. The molecule has 2 aromatic carbocycles. The fourth-order valence-electron chi connectivity index (χ4n) is 2.32. The zero-order valence-corrected chi connectivity index (χ0v) is 11.2. The highest BCUT2D eigenvalue weighted by molar-refractivity contribution is 6.52. The van der Waals surface area contributed by atoms with Crippen molar-refractivity contribution >= 4 is 28.8 Å². The van der Waals surface area contributed by atoms with Crippen LogP contribution in [0.4, 0.5) is 10.1 Å². The maximum absolute atomic E-state index is 13.9. The smallest absolute Gasteiger partial charge is 0.273 e. The van der Waals surface area contributed by atoms with Gasteiger partial charge < -0.3 is 5.21 Å². The number of carbonyl (C=O) groups excluding carboxylic acids is 1. The molecular formula is C15H9ClFNO2. The van der Waals surface area contributed by atoms with Crippen molar-refractivity contribution in [3.8, 4) is 0 Å². The first kappa shape index (κ1) is 12.8. The van der Waals surface area contributed by atoms with Gasteiger partial charge in [0.1, 0.15) is 5.56 Å². The van der Waals surface area contributed by atoms with Gasteiger partial charge in [0.25, 0.3) is 17.2 Å². The zero-order valence-electron chi connectivity index (χ0n) is 10.5. The summed E-state index contributed by atoms with van der Waals surface area (Å²) < 4.78 is 14.2. The van der Waals surface area contributed by atoms with E-state index in [-0.39, 0.29) is 22.0 Å². The highest BCUT2D eigenvalue weighted by atomic mass is 35.5. The number of aryl methyl sites for hydroxylation is 1. The van der Waals surface area contributed by atoms with Gasteiger partial charge in [-0.1, -0.05) is 29.3 Å². The summed E-state index contributed by atoms with van der Waals surface area (Å²) >= 11 is 5.74. The maximum atomic E-state index is 13.9. The minimum atomic E-state index is -0.793. The van der Waals surface area contributed by atoms with Crippen molar-refractivity contribution in [2.75, 3.05) is 0 Å². The van der Waals surface area contributed by atoms with Gasteiger partial charge in [-0.15, -0.1) is 0 Å². The van der Waals surface area contributed by atoms with Crippen molar-refractivity contribution < 1.29 is 13.9 Å². The van der Waals surface area contributed by atoms with Gasteiger partial charge in [-0.25, -0.2) is 0 Å². The Bertz CT molecular complexity index is 783. The molecule has 0 aliphatic carbocycles. The lowest BCUT2D eigenvalue weighted by molar-refractivity contribution is -0.358. The number of nitrogens with zero attached hydrogens (tertiary/aromatic N) is 1. The molecule has 0 spiro atoms. The normalized spacial score (nSPS) is 13.8. The molecule has 0 amide bonds. The van der Waals surface area contributed by atoms with Gasteiger partial charge in [0.05, 0.1) is 5.56 Å². The second-order valence-electron chi connectivity index (χ2n) is 4.63. The number of benzene rings is 2. The third-order valence-electron chi connectivity index (χ3n) is 3.19. The number of hydrogen-bond acceptors (Lipinski definition) is 2. The minimum Gasteiger partial charge on any atom is -0.618 e. The van der Waals surface area contributed by atoms with Gasteiger partial charge in [0.15, 0.2) is 5.82 Å². The van der Waals surface area contributed by atoms with Gasteiger partial charge in [-0.2, -0.15) is 9.13 Å². The lowest BCUT2D eigenvalue weighted by Gasteiger charge is -2.03. The van der Waals surface area contributed by atoms with Crippen LogP contribution < -0.4 is 0 Å². The van der Waals surface area contributed by atoms with Crippen LogP contribution in [0.5, 0.6) is 0 Å². The number of Topliss-reactive ketones (excluding diaryl/α,β-unsaturated/α-hetero) is 1. The van der Waals surface area contributed by atoms with E-state index in [1.807, 2.05) is 13.0 Å². The molecule has 5 heteroatoms. The second-order valence-corrected chi connectivity index (χ2v) is 5.06. The molecule has 1 aliphatic heterocycles. The number of fused-ring (bicyclic) bond motifs is 1. The van der Waals surface area contributed by atoms with Crippen LogP contribution in [0.2, 0.25) is 5.02 Å². The van der Waals surface area contributed by atoms with Gasteiger partial charge >= 0.3 is 0 Å². The molecule has 3 rings (SSSR count). The fourth-order valence-corrected chi connectivity index (χ4v) is 2.52. The number of halogens is 2. The number of rotatable bonds is 1. The van der Waals surface area contributed by atoms with Crippen LogP contribution in [0.3, 0.4) is 0 Å². The molecule has 0 fully saturated rings. The Kier molecular flexibility index (Phi) is 2.83. The van der Waals surface area contributed by atoms with Crippen molar-refractivity contribution in [3.05, 3.63) is 69.1 Å². The molecule has 100 valence electrons. The fraction of sp³-hybridized carbons (Fsp3) is 0.0667. The van der Waals surface area contributed by atoms with Crippen LogP contribution in [0, 0.1) is 17.9 Å². The Morgan fingerprint density at radius 1 is 1.25 bits per heavy atom. The molecule has 3 nitrogen and oxygen atoms in total. The van der Waals surface area contributed by atoms with Crippen LogP contribution in [-0.2, 0) is 0 Å². The molecule has 0 N–H and O–H groups in total. The Hall–Kier alpha value is -2.20. The number of hydrogen-bond donors (Lipinski definition) is 0. The third kappa shape index (κ3) is 1.80. The first-order valence-electron chi connectivity index (χ1n) is 5.94. The van der Waals surface area contributed by atoms with Crippen LogP contribution in [0.1, 0.15) is 21.5 Å². The van der Waals surface area contributed by atoms with Crippen LogP contribution >= 0.6 is 11.6 Å². The molecule has 0 saturated heterocycles. The summed E-state index contributed by atoms with van der Waals surface area (Å²) in [6.45, 7) is 1.85. The maximum Gasteiger partial charge on any atom is 0.273 e. The Balaban J connectivity index is 2.25. The van der Waals surface area contributed by atoms with E-state index >= 15 is 0 Å². The molecule has 0 atom stereocenters. The molecule has 20 heavy (non-hydrogen) atoms. The van der Waals surface area contributed by atoms with Gasteiger partial charge in [-0.05, 0) is 31.2 Å². The SMILES string of the molecule is Cc1cccc(C2=[N+]([O-])c3c(F)cc(Cl)cc3C2=O)c1. The third-order valence-corrected chi connectivity index (χ3v) is 3.40. The summed E-state index contributed by atoms with van der Waals surface area (Å²) in [5, 5.41) is 12.3. The molecule has 1 aliphatic rings. The molecule has 0 unspecified atom stereocenters. The van der Waals surface area contributed by atoms with Crippen molar-refractivity contribution in [3.63, 3.8) is 0 Å². The van der Waals surface area contributed by atoms with Crippen molar-refractivity contribution in [2.24, 2.45) is 0 Å². The molecule has 2 aromatic rings. The van der Waals surface area contributed by atoms with Crippen molar-refractivity contribution in [1.29, 1.82) is 0 Å². The van der Waals surface area contributed by atoms with E-state index in [1.165, 1.54) is 6.07 Å². The summed E-state index contributed by atoms with van der Waals surface area (Å²) in [5.74, 6) is -1.31. The highest BCUT2D eigenvalue weighted by Gasteiger charge is 2.39. The molecule has 0 saturated carbocycles. The summed E-state index contributed by atoms with van der Waals surface area (Å²) in [6, 6.07) is 9.29. The van der Waals surface area contributed by atoms with E-state index in [0.29, 0.717) is 10.3 Å². The first-order valence-corrected chi connectivity index (χ1v) is 6.32. The first-order chi connectivity index (χ1) is 9.49. The standard InChI is InChI=1S/C15H9ClFNO2/c1-8-3-2-4-9(5-8)13-15(19)11-6-10(16)7-12(17)14(11)18(13)20/h2-7H,1H3. The molecule has 0 bridgehead atoms. The number of ketones is 1. The monoisotopic (exact) mass is 289 g/mol. The Labute approximate surface area is 119 Å². The van der Waals surface area contributed by atoms with E-state index in [9.17, 15) is 14.4 Å². The Morgan fingerprint density at radius 2 is 2.00 bits per heavy atom.